The topological polar surface area (TPSA) is 60.8 Å². The molecule has 0 aliphatic carbocycles. The molecule has 1 atom stereocenters. The quantitative estimate of drug-likeness (QED) is 0.786. The third-order valence-corrected chi connectivity index (χ3v) is 2.00. The minimum absolute atomic E-state index is 0.0486. The van der Waals surface area contributed by atoms with Crippen LogP contribution in [-0.2, 0) is 4.79 Å². The molecule has 82 valence electrons. The van der Waals surface area contributed by atoms with Gasteiger partial charge in [0.25, 0.3) is 0 Å². The highest BCUT2D eigenvalue weighted by Crippen LogP contribution is 2.26. The molecule has 0 heterocycles. The van der Waals surface area contributed by atoms with Gasteiger partial charge in [0.05, 0.1) is 0 Å². The summed E-state index contributed by atoms with van der Waals surface area (Å²) in [7, 11) is 3.37. The molecule has 0 aliphatic rings. The van der Waals surface area contributed by atoms with E-state index in [-0.39, 0.29) is 5.56 Å². The first-order chi connectivity index (χ1) is 6.93. The number of anilines is 1. The first-order valence-corrected chi connectivity index (χ1v) is 4.31. The number of halogens is 1. The SMILES string of the molecule is CN(C)c1ccc(F)cc1C(O)C(=O)O. The van der Waals surface area contributed by atoms with Gasteiger partial charge in [-0.1, -0.05) is 0 Å². The van der Waals surface area contributed by atoms with Crippen molar-refractivity contribution in [3.05, 3.63) is 29.6 Å². The Morgan fingerprint density at radius 3 is 2.53 bits per heavy atom. The number of hydrogen-bond donors (Lipinski definition) is 2. The van der Waals surface area contributed by atoms with Gasteiger partial charge in [-0.15, -0.1) is 0 Å². The second-order valence-electron chi connectivity index (χ2n) is 3.34. The summed E-state index contributed by atoms with van der Waals surface area (Å²) < 4.78 is 12.9. The van der Waals surface area contributed by atoms with Crippen LogP contribution in [0.2, 0.25) is 0 Å². The molecule has 1 unspecified atom stereocenters. The molecule has 0 aromatic heterocycles. The van der Waals surface area contributed by atoms with Gasteiger partial charge in [-0.25, -0.2) is 9.18 Å². The summed E-state index contributed by atoms with van der Waals surface area (Å²) in [6, 6.07) is 3.67. The second-order valence-corrected chi connectivity index (χ2v) is 3.34. The van der Waals surface area contributed by atoms with Crippen LogP contribution in [0, 0.1) is 5.82 Å². The first kappa shape index (κ1) is 11.5. The fourth-order valence-corrected chi connectivity index (χ4v) is 1.28. The van der Waals surface area contributed by atoms with E-state index in [1.165, 1.54) is 12.1 Å². The highest BCUT2D eigenvalue weighted by Gasteiger charge is 2.20. The number of aliphatic hydroxyl groups excluding tert-OH is 1. The average Bonchev–Trinajstić information content (AvgIpc) is 2.15. The molecule has 5 heteroatoms. The molecular weight excluding hydrogens is 201 g/mol. The third kappa shape index (κ3) is 2.44. The Balaban J connectivity index is 3.24. The Bertz CT molecular complexity index is 379. The monoisotopic (exact) mass is 213 g/mol. The fourth-order valence-electron chi connectivity index (χ4n) is 1.28. The summed E-state index contributed by atoms with van der Waals surface area (Å²) in [5.74, 6) is -1.97. The van der Waals surface area contributed by atoms with Crippen molar-refractivity contribution in [2.45, 2.75) is 6.10 Å². The van der Waals surface area contributed by atoms with Crippen LogP contribution in [0.1, 0.15) is 11.7 Å². The van der Waals surface area contributed by atoms with Crippen molar-refractivity contribution in [1.82, 2.24) is 0 Å². The van der Waals surface area contributed by atoms with E-state index < -0.39 is 17.9 Å². The summed E-state index contributed by atoms with van der Waals surface area (Å²) in [6.07, 6.45) is -1.71. The lowest BCUT2D eigenvalue weighted by Crippen LogP contribution is -2.17. The minimum Gasteiger partial charge on any atom is -0.479 e. The van der Waals surface area contributed by atoms with Gasteiger partial charge in [-0.2, -0.15) is 0 Å². The molecule has 15 heavy (non-hydrogen) atoms. The van der Waals surface area contributed by atoms with Crippen molar-refractivity contribution in [1.29, 1.82) is 0 Å². The highest BCUT2D eigenvalue weighted by atomic mass is 19.1. The third-order valence-electron chi connectivity index (χ3n) is 2.00. The fraction of sp³-hybridized carbons (Fsp3) is 0.300. The van der Waals surface area contributed by atoms with E-state index in [1.54, 1.807) is 19.0 Å². The van der Waals surface area contributed by atoms with E-state index in [9.17, 15) is 14.3 Å². The van der Waals surface area contributed by atoms with E-state index in [1.807, 2.05) is 0 Å². The highest BCUT2D eigenvalue weighted by molar-refractivity contribution is 5.77. The minimum atomic E-state index is -1.71. The molecule has 0 aliphatic heterocycles. The number of carbonyl (C=O) groups is 1. The average molecular weight is 213 g/mol. The Hall–Kier alpha value is -1.62. The van der Waals surface area contributed by atoms with Crippen LogP contribution in [0.25, 0.3) is 0 Å². The van der Waals surface area contributed by atoms with Crippen LogP contribution in [0.15, 0.2) is 18.2 Å². The van der Waals surface area contributed by atoms with Crippen molar-refractivity contribution in [3.8, 4) is 0 Å². The van der Waals surface area contributed by atoms with Crippen molar-refractivity contribution in [2.75, 3.05) is 19.0 Å². The van der Waals surface area contributed by atoms with Gasteiger partial charge in [0, 0.05) is 25.3 Å². The molecule has 0 saturated heterocycles. The predicted molar refractivity (Wildman–Crippen MR) is 53.3 cm³/mol. The van der Waals surface area contributed by atoms with Crippen molar-refractivity contribution in [3.63, 3.8) is 0 Å². The standard InChI is InChI=1S/C10H12FNO3/c1-12(2)8-4-3-6(11)5-7(8)9(13)10(14)15/h3-5,9,13H,1-2H3,(H,14,15). The van der Waals surface area contributed by atoms with E-state index >= 15 is 0 Å². The predicted octanol–water partition coefficient (Wildman–Crippen LogP) is 1.01. The van der Waals surface area contributed by atoms with Crippen LogP contribution >= 0.6 is 0 Å². The van der Waals surface area contributed by atoms with Crippen molar-refractivity contribution in [2.24, 2.45) is 0 Å². The summed E-state index contributed by atoms with van der Waals surface area (Å²) in [5.41, 5.74) is 0.527. The summed E-state index contributed by atoms with van der Waals surface area (Å²) in [4.78, 5) is 12.2. The number of aliphatic carboxylic acids is 1. The Morgan fingerprint density at radius 1 is 1.47 bits per heavy atom. The Labute approximate surface area is 86.6 Å². The van der Waals surface area contributed by atoms with Gasteiger partial charge >= 0.3 is 5.97 Å². The molecule has 2 N–H and O–H groups in total. The van der Waals surface area contributed by atoms with E-state index in [2.05, 4.69) is 0 Å². The lowest BCUT2D eigenvalue weighted by molar-refractivity contribution is -0.146. The maximum Gasteiger partial charge on any atom is 0.337 e. The van der Waals surface area contributed by atoms with E-state index in [0.717, 1.165) is 6.07 Å². The van der Waals surface area contributed by atoms with Crippen LogP contribution in [-0.4, -0.2) is 30.3 Å². The number of nitrogens with zero attached hydrogens (tertiary/aromatic N) is 1. The first-order valence-electron chi connectivity index (χ1n) is 4.31. The Kier molecular flexibility index (Phi) is 3.26. The zero-order valence-electron chi connectivity index (χ0n) is 8.44. The number of rotatable bonds is 3. The largest absolute Gasteiger partial charge is 0.479 e. The second kappa shape index (κ2) is 4.27. The van der Waals surface area contributed by atoms with Gasteiger partial charge in [-0.3, -0.25) is 0 Å². The number of hydrogen-bond acceptors (Lipinski definition) is 3. The zero-order chi connectivity index (χ0) is 11.6. The van der Waals surface area contributed by atoms with Gasteiger partial charge < -0.3 is 15.1 Å². The smallest absolute Gasteiger partial charge is 0.337 e. The maximum absolute atomic E-state index is 12.9. The maximum atomic E-state index is 12.9. The molecule has 1 aromatic rings. The molecule has 4 nitrogen and oxygen atoms in total. The van der Waals surface area contributed by atoms with Gasteiger partial charge in [-0.05, 0) is 18.2 Å². The van der Waals surface area contributed by atoms with Crippen LogP contribution in [0.3, 0.4) is 0 Å². The molecule has 0 spiro atoms. The van der Waals surface area contributed by atoms with Crippen LogP contribution < -0.4 is 4.90 Å². The van der Waals surface area contributed by atoms with Crippen molar-refractivity contribution < 1.29 is 19.4 Å². The van der Waals surface area contributed by atoms with Gasteiger partial charge in [0.1, 0.15) is 5.82 Å². The molecule has 0 saturated carbocycles. The van der Waals surface area contributed by atoms with Gasteiger partial charge in [0.15, 0.2) is 6.10 Å². The molecule has 0 bridgehead atoms. The molecule has 0 amide bonds. The van der Waals surface area contributed by atoms with E-state index in [0.29, 0.717) is 5.69 Å². The summed E-state index contributed by atoms with van der Waals surface area (Å²) in [6.45, 7) is 0. The molecule has 1 aromatic carbocycles. The number of carboxylic acid groups (broad SMARTS) is 1. The lowest BCUT2D eigenvalue weighted by atomic mass is 10.1. The summed E-state index contributed by atoms with van der Waals surface area (Å²) >= 11 is 0. The normalized spacial score (nSPS) is 12.3. The number of aliphatic hydroxyl groups is 1. The number of carboxylic acids is 1. The van der Waals surface area contributed by atoms with Crippen molar-refractivity contribution >= 4 is 11.7 Å². The number of benzene rings is 1. The molecular formula is C10H12FNO3. The molecule has 0 radical (unpaired) electrons. The zero-order valence-corrected chi connectivity index (χ0v) is 8.44. The Morgan fingerprint density at radius 2 is 2.07 bits per heavy atom. The molecule has 1 rings (SSSR count). The lowest BCUT2D eigenvalue weighted by Gasteiger charge is -2.18. The van der Waals surface area contributed by atoms with Gasteiger partial charge in [0.2, 0.25) is 0 Å². The van der Waals surface area contributed by atoms with Crippen LogP contribution in [0.4, 0.5) is 10.1 Å². The van der Waals surface area contributed by atoms with E-state index in [4.69, 9.17) is 5.11 Å². The summed E-state index contributed by atoms with van der Waals surface area (Å²) in [5, 5.41) is 18.0. The molecule has 0 fully saturated rings. The van der Waals surface area contributed by atoms with Crippen LogP contribution in [0.5, 0.6) is 0 Å².